The van der Waals surface area contributed by atoms with Crippen molar-refractivity contribution in [1.29, 1.82) is 0 Å². The first kappa shape index (κ1) is 16.8. The molecule has 3 nitrogen and oxygen atoms in total. The van der Waals surface area contributed by atoms with Gasteiger partial charge in [-0.3, -0.25) is 0 Å². The Morgan fingerprint density at radius 3 is 2.67 bits per heavy atom. The summed E-state index contributed by atoms with van der Waals surface area (Å²) >= 11 is 6.12. The summed E-state index contributed by atoms with van der Waals surface area (Å²) in [5.41, 5.74) is 1.13. The Bertz CT molecular complexity index is 431. The smallest absolute Gasteiger partial charge is 0.0953 e. The molecule has 4 heteroatoms. The second kappa shape index (κ2) is 8.14. The largest absolute Gasteiger partial charge is 0.375 e. The first-order chi connectivity index (χ1) is 10.1. The summed E-state index contributed by atoms with van der Waals surface area (Å²) in [6.07, 6.45) is 2.70. The maximum Gasteiger partial charge on any atom is 0.0953 e. The van der Waals surface area contributed by atoms with Gasteiger partial charge in [0, 0.05) is 11.6 Å². The van der Waals surface area contributed by atoms with E-state index < -0.39 is 0 Å². The van der Waals surface area contributed by atoms with Crippen LogP contribution in [0.15, 0.2) is 24.3 Å². The SMILES string of the molecule is CCNCC(OC1CC(C)OC(C)C1)c1cccc(Cl)c1. The van der Waals surface area contributed by atoms with Gasteiger partial charge < -0.3 is 14.8 Å². The summed E-state index contributed by atoms with van der Waals surface area (Å²) in [7, 11) is 0. The fourth-order valence-electron chi connectivity index (χ4n) is 2.91. The lowest BCUT2D eigenvalue weighted by Crippen LogP contribution is -2.36. The van der Waals surface area contributed by atoms with Crippen molar-refractivity contribution in [1.82, 2.24) is 5.32 Å². The summed E-state index contributed by atoms with van der Waals surface area (Å²) in [4.78, 5) is 0. The molecule has 0 spiro atoms. The fourth-order valence-corrected chi connectivity index (χ4v) is 3.11. The Morgan fingerprint density at radius 2 is 2.05 bits per heavy atom. The van der Waals surface area contributed by atoms with Gasteiger partial charge in [0.05, 0.1) is 24.4 Å². The van der Waals surface area contributed by atoms with Crippen LogP contribution in [-0.2, 0) is 9.47 Å². The van der Waals surface area contributed by atoms with Gasteiger partial charge in [-0.1, -0.05) is 30.7 Å². The lowest BCUT2D eigenvalue weighted by molar-refractivity contribution is -0.122. The zero-order valence-corrected chi connectivity index (χ0v) is 13.9. The van der Waals surface area contributed by atoms with E-state index in [1.807, 2.05) is 18.2 Å². The zero-order chi connectivity index (χ0) is 15.2. The Labute approximate surface area is 133 Å². The van der Waals surface area contributed by atoms with Gasteiger partial charge in [0.25, 0.3) is 0 Å². The third-order valence-electron chi connectivity index (χ3n) is 3.81. The number of hydrogen-bond donors (Lipinski definition) is 1. The molecule has 0 saturated carbocycles. The zero-order valence-electron chi connectivity index (χ0n) is 13.1. The molecule has 3 atom stereocenters. The molecule has 1 saturated heterocycles. The van der Waals surface area contributed by atoms with E-state index in [2.05, 4.69) is 32.2 Å². The molecule has 1 heterocycles. The molecule has 0 aliphatic carbocycles. The molecule has 21 heavy (non-hydrogen) atoms. The number of nitrogens with one attached hydrogen (secondary N) is 1. The van der Waals surface area contributed by atoms with Crippen molar-refractivity contribution in [3.05, 3.63) is 34.9 Å². The summed E-state index contributed by atoms with van der Waals surface area (Å²) < 4.78 is 12.2. The molecular weight excluding hydrogens is 286 g/mol. The van der Waals surface area contributed by atoms with Crippen molar-refractivity contribution >= 4 is 11.6 Å². The monoisotopic (exact) mass is 311 g/mol. The lowest BCUT2D eigenvalue weighted by Gasteiger charge is -2.34. The van der Waals surface area contributed by atoms with Gasteiger partial charge in [-0.05, 0) is 50.9 Å². The van der Waals surface area contributed by atoms with E-state index in [4.69, 9.17) is 21.1 Å². The van der Waals surface area contributed by atoms with Crippen LogP contribution in [0.25, 0.3) is 0 Å². The minimum Gasteiger partial charge on any atom is -0.375 e. The van der Waals surface area contributed by atoms with Crippen LogP contribution in [-0.4, -0.2) is 31.4 Å². The highest BCUT2D eigenvalue weighted by Crippen LogP contribution is 2.28. The van der Waals surface area contributed by atoms with Gasteiger partial charge in [-0.2, -0.15) is 0 Å². The van der Waals surface area contributed by atoms with Crippen LogP contribution in [0.4, 0.5) is 0 Å². The van der Waals surface area contributed by atoms with Crippen LogP contribution in [0.1, 0.15) is 45.3 Å². The Hall–Kier alpha value is -0.610. The molecule has 1 aromatic carbocycles. The van der Waals surface area contributed by atoms with E-state index in [0.717, 1.165) is 36.5 Å². The number of benzene rings is 1. The van der Waals surface area contributed by atoms with Crippen molar-refractivity contribution in [2.45, 2.75) is 58.0 Å². The molecule has 2 rings (SSSR count). The van der Waals surface area contributed by atoms with Crippen LogP contribution in [0.2, 0.25) is 5.02 Å². The first-order valence-electron chi connectivity index (χ1n) is 7.85. The van der Waals surface area contributed by atoms with E-state index in [0.29, 0.717) is 0 Å². The summed E-state index contributed by atoms with van der Waals surface area (Å²) in [5.74, 6) is 0. The first-order valence-corrected chi connectivity index (χ1v) is 8.23. The predicted molar refractivity (Wildman–Crippen MR) is 86.9 cm³/mol. The molecule has 1 aliphatic heterocycles. The molecule has 1 aromatic rings. The number of likely N-dealkylation sites (N-methyl/N-ethyl adjacent to an activating group) is 1. The van der Waals surface area contributed by atoms with Crippen molar-refractivity contribution in [3.8, 4) is 0 Å². The fraction of sp³-hybridized carbons (Fsp3) is 0.647. The van der Waals surface area contributed by atoms with Gasteiger partial charge in [0.15, 0.2) is 0 Å². The lowest BCUT2D eigenvalue weighted by atomic mass is 10.0. The van der Waals surface area contributed by atoms with Crippen molar-refractivity contribution in [3.63, 3.8) is 0 Å². The highest BCUT2D eigenvalue weighted by atomic mass is 35.5. The predicted octanol–water partition coefficient (Wildman–Crippen LogP) is 3.96. The average molecular weight is 312 g/mol. The molecule has 1 fully saturated rings. The van der Waals surface area contributed by atoms with Crippen LogP contribution >= 0.6 is 11.6 Å². The van der Waals surface area contributed by atoms with Gasteiger partial charge in [0.2, 0.25) is 0 Å². The second-order valence-corrected chi connectivity index (χ2v) is 6.27. The third kappa shape index (κ3) is 5.26. The van der Waals surface area contributed by atoms with E-state index in [1.54, 1.807) is 0 Å². The van der Waals surface area contributed by atoms with E-state index in [1.165, 1.54) is 0 Å². The molecule has 0 aromatic heterocycles. The quantitative estimate of drug-likeness (QED) is 0.862. The number of hydrogen-bond acceptors (Lipinski definition) is 3. The minimum absolute atomic E-state index is 0.0335. The van der Waals surface area contributed by atoms with Crippen molar-refractivity contribution in [2.75, 3.05) is 13.1 Å². The standard InChI is InChI=1S/C17H26ClNO2/c1-4-19-11-17(14-6-5-7-15(18)10-14)21-16-8-12(2)20-13(3)9-16/h5-7,10,12-13,16-17,19H,4,8-9,11H2,1-3H3. The molecule has 1 N–H and O–H groups in total. The molecular formula is C17H26ClNO2. The Morgan fingerprint density at radius 1 is 1.33 bits per heavy atom. The molecule has 0 amide bonds. The summed E-state index contributed by atoms with van der Waals surface area (Å²) in [6.45, 7) is 8.07. The van der Waals surface area contributed by atoms with E-state index in [-0.39, 0.29) is 24.4 Å². The summed E-state index contributed by atoms with van der Waals surface area (Å²) in [5, 5.41) is 4.13. The molecule has 0 radical (unpaired) electrons. The van der Waals surface area contributed by atoms with E-state index in [9.17, 15) is 0 Å². The van der Waals surface area contributed by atoms with Crippen LogP contribution in [0, 0.1) is 0 Å². The highest BCUT2D eigenvalue weighted by molar-refractivity contribution is 6.30. The average Bonchev–Trinajstić information content (AvgIpc) is 2.42. The van der Waals surface area contributed by atoms with Crippen LogP contribution in [0.3, 0.4) is 0 Å². The maximum atomic E-state index is 6.37. The van der Waals surface area contributed by atoms with E-state index >= 15 is 0 Å². The second-order valence-electron chi connectivity index (χ2n) is 5.84. The Kier molecular flexibility index (Phi) is 6.49. The van der Waals surface area contributed by atoms with Gasteiger partial charge in [0.1, 0.15) is 0 Å². The van der Waals surface area contributed by atoms with Crippen molar-refractivity contribution < 1.29 is 9.47 Å². The number of ether oxygens (including phenoxy) is 2. The normalized spacial score (nSPS) is 27.5. The molecule has 118 valence electrons. The maximum absolute atomic E-state index is 6.37. The molecule has 3 unspecified atom stereocenters. The van der Waals surface area contributed by atoms with Gasteiger partial charge in [-0.25, -0.2) is 0 Å². The highest BCUT2D eigenvalue weighted by Gasteiger charge is 2.27. The van der Waals surface area contributed by atoms with Gasteiger partial charge >= 0.3 is 0 Å². The minimum atomic E-state index is 0.0335. The van der Waals surface area contributed by atoms with Crippen LogP contribution < -0.4 is 5.32 Å². The number of rotatable bonds is 6. The Balaban J connectivity index is 2.05. The third-order valence-corrected chi connectivity index (χ3v) is 4.05. The van der Waals surface area contributed by atoms with Crippen molar-refractivity contribution in [2.24, 2.45) is 0 Å². The molecule has 1 aliphatic rings. The number of halogens is 1. The summed E-state index contributed by atoms with van der Waals surface area (Å²) in [6, 6.07) is 7.96. The van der Waals surface area contributed by atoms with Gasteiger partial charge in [-0.15, -0.1) is 0 Å². The molecule has 0 bridgehead atoms. The topological polar surface area (TPSA) is 30.5 Å². The van der Waals surface area contributed by atoms with Crippen LogP contribution in [0.5, 0.6) is 0 Å².